The third-order valence-electron chi connectivity index (χ3n) is 7.94. The second-order valence-corrected chi connectivity index (χ2v) is 10.8. The van der Waals surface area contributed by atoms with Gasteiger partial charge in [-0.2, -0.15) is 5.26 Å². The Kier molecular flexibility index (Phi) is 10.6. The van der Waals surface area contributed by atoms with Gasteiger partial charge in [0.05, 0.1) is 57.2 Å². The Hall–Kier alpha value is -5.56. The summed E-state index contributed by atoms with van der Waals surface area (Å²) in [7, 11) is 4.70. The van der Waals surface area contributed by atoms with E-state index in [2.05, 4.69) is 6.07 Å². The topological polar surface area (TPSA) is 120 Å². The first-order valence-corrected chi connectivity index (χ1v) is 15.4. The van der Waals surface area contributed by atoms with Gasteiger partial charge in [0.2, 0.25) is 5.75 Å². The van der Waals surface area contributed by atoms with Gasteiger partial charge in [0.15, 0.2) is 18.1 Å². The smallest absolute Gasteiger partial charge is 0.339 e. The maximum absolute atomic E-state index is 13.9. The fraction of sp³-hybridized carbons (Fsp3) is 0.297. The third-order valence-corrected chi connectivity index (χ3v) is 7.94. The summed E-state index contributed by atoms with van der Waals surface area (Å²) in [5.74, 6) is 1.19. The van der Waals surface area contributed by atoms with E-state index in [0.717, 1.165) is 29.5 Å². The second-order valence-electron chi connectivity index (χ2n) is 10.8. The molecule has 1 heterocycles. The van der Waals surface area contributed by atoms with E-state index < -0.39 is 18.5 Å². The van der Waals surface area contributed by atoms with Crippen LogP contribution in [-0.2, 0) is 16.0 Å². The molecule has 0 radical (unpaired) electrons. The molecule has 0 saturated carbocycles. The number of esters is 1. The average molecular weight is 636 g/mol. The monoisotopic (exact) mass is 635 g/mol. The number of pyridine rings is 1. The van der Waals surface area contributed by atoms with Crippen LogP contribution >= 0.6 is 0 Å². The standard InChI is InChI=1S/C37H37N3O7/c1-5-46-27-16-14-26(15-17-27)40(19-9-18-38)33(41)23-47-37(42)34-28-11-6-7-13-30(28)39-35-25(10-8-12-29(34)35)20-24-21-31(43-2)36(45-4)32(22-24)44-3/h6-7,11,13-17,20-22H,5,8-10,12,19,23H2,1-4H3/b25-20+. The van der Waals surface area contributed by atoms with Crippen LogP contribution in [-0.4, -0.2) is 57.9 Å². The van der Waals surface area contributed by atoms with Gasteiger partial charge in [-0.1, -0.05) is 18.2 Å². The second kappa shape index (κ2) is 15.1. The van der Waals surface area contributed by atoms with Crippen LogP contribution in [0.1, 0.15) is 53.4 Å². The van der Waals surface area contributed by atoms with Crippen LogP contribution in [0.15, 0.2) is 60.7 Å². The summed E-state index contributed by atoms with van der Waals surface area (Å²) < 4.78 is 27.8. The zero-order chi connectivity index (χ0) is 33.3. The van der Waals surface area contributed by atoms with Gasteiger partial charge in [0, 0.05) is 17.6 Å². The highest BCUT2D eigenvalue weighted by Crippen LogP contribution is 2.41. The zero-order valence-corrected chi connectivity index (χ0v) is 27.0. The number of carbonyl (C=O) groups is 2. The molecule has 3 aromatic carbocycles. The minimum Gasteiger partial charge on any atom is -0.494 e. The summed E-state index contributed by atoms with van der Waals surface area (Å²) >= 11 is 0. The lowest BCUT2D eigenvalue weighted by Crippen LogP contribution is -2.35. The molecule has 0 fully saturated rings. The van der Waals surface area contributed by atoms with Crippen LogP contribution in [0.3, 0.4) is 0 Å². The van der Waals surface area contributed by atoms with Crippen molar-refractivity contribution < 1.29 is 33.3 Å². The number of hydrogen-bond donors (Lipinski definition) is 0. The average Bonchev–Trinajstić information content (AvgIpc) is 3.10. The van der Waals surface area contributed by atoms with Gasteiger partial charge in [0.25, 0.3) is 5.91 Å². The summed E-state index contributed by atoms with van der Waals surface area (Å²) in [6, 6.07) is 20.3. The van der Waals surface area contributed by atoms with Crippen molar-refractivity contribution >= 4 is 40.1 Å². The van der Waals surface area contributed by atoms with Crippen molar-refractivity contribution in [2.24, 2.45) is 0 Å². The van der Waals surface area contributed by atoms with Gasteiger partial charge in [-0.25, -0.2) is 9.78 Å². The van der Waals surface area contributed by atoms with E-state index in [0.29, 0.717) is 63.9 Å². The number of aromatic nitrogens is 1. The summed E-state index contributed by atoms with van der Waals surface area (Å²) in [4.78, 5) is 33.7. The highest BCUT2D eigenvalue weighted by molar-refractivity contribution is 6.07. The molecule has 0 N–H and O–H groups in total. The molecule has 0 atom stereocenters. The van der Waals surface area contributed by atoms with E-state index in [9.17, 15) is 14.9 Å². The van der Waals surface area contributed by atoms with Gasteiger partial charge in [0.1, 0.15) is 5.75 Å². The van der Waals surface area contributed by atoms with E-state index in [1.807, 2.05) is 49.4 Å². The van der Waals surface area contributed by atoms with Crippen molar-refractivity contribution in [1.29, 1.82) is 5.26 Å². The summed E-state index contributed by atoms with van der Waals surface area (Å²) in [6.07, 6.45) is 4.31. The predicted octanol–water partition coefficient (Wildman–Crippen LogP) is 6.64. The minimum atomic E-state index is -0.603. The maximum atomic E-state index is 13.9. The van der Waals surface area contributed by atoms with Crippen molar-refractivity contribution in [3.63, 3.8) is 0 Å². The third kappa shape index (κ3) is 7.15. The Balaban J connectivity index is 1.47. The van der Waals surface area contributed by atoms with Crippen molar-refractivity contribution in [3.05, 3.63) is 83.0 Å². The normalized spacial score (nSPS) is 13.0. The van der Waals surface area contributed by atoms with Crippen LogP contribution < -0.4 is 23.8 Å². The summed E-state index contributed by atoms with van der Waals surface area (Å²) in [5.41, 5.74) is 4.91. The Morgan fingerprint density at radius 1 is 0.979 bits per heavy atom. The largest absolute Gasteiger partial charge is 0.494 e. The Morgan fingerprint density at radius 3 is 2.36 bits per heavy atom. The van der Waals surface area contributed by atoms with Gasteiger partial charge in [-0.3, -0.25) is 4.79 Å². The van der Waals surface area contributed by atoms with E-state index in [4.69, 9.17) is 28.7 Å². The Bertz CT molecular complexity index is 1820. The van der Waals surface area contributed by atoms with Crippen molar-refractivity contribution in [2.45, 2.75) is 32.6 Å². The highest BCUT2D eigenvalue weighted by Gasteiger charge is 2.27. The molecule has 0 unspecified atom stereocenters. The molecular formula is C37H37N3O7. The lowest BCUT2D eigenvalue weighted by molar-refractivity contribution is -0.121. The molecule has 0 aliphatic heterocycles. The van der Waals surface area contributed by atoms with Crippen LogP contribution in [0.5, 0.6) is 23.0 Å². The number of ether oxygens (including phenoxy) is 5. The number of hydrogen-bond acceptors (Lipinski definition) is 9. The number of carbonyl (C=O) groups excluding carboxylic acids is 2. The van der Waals surface area contributed by atoms with Gasteiger partial charge in [-0.15, -0.1) is 0 Å². The minimum absolute atomic E-state index is 0.121. The van der Waals surface area contributed by atoms with Crippen molar-refractivity contribution in [1.82, 2.24) is 4.98 Å². The molecule has 5 rings (SSSR count). The van der Waals surface area contributed by atoms with E-state index in [1.54, 1.807) is 45.6 Å². The quantitative estimate of drug-likeness (QED) is 0.158. The van der Waals surface area contributed by atoms with Crippen LogP contribution in [0, 0.1) is 11.3 Å². The van der Waals surface area contributed by atoms with Gasteiger partial charge < -0.3 is 28.6 Å². The number of amides is 1. The number of rotatable bonds is 12. The number of benzene rings is 3. The number of allylic oxidation sites excluding steroid dienone is 1. The Morgan fingerprint density at radius 2 is 1.70 bits per heavy atom. The van der Waals surface area contributed by atoms with Gasteiger partial charge in [-0.05, 0) is 91.4 Å². The molecule has 0 bridgehead atoms. The number of anilines is 1. The van der Waals surface area contributed by atoms with Crippen LogP contribution in [0.4, 0.5) is 5.69 Å². The first kappa shape index (κ1) is 32.8. The number of nitrogens with zero attached hydrogens (tertiary/aromatic N) is 3. The molecule has 0 saturated heterocycles. The van der Waals surface area contributed by atoms with Gasteiger partial charge >= 0.3 is 5.97 Å². The van der Waals surface area contributed by atoms with Crippen LogP contribution in [0.2, 0.25) is 0 Å². The maximum Gasteiger partial charge on any atom is 0.339 e. The molecule has 10 heteroatoms. The molecule has 1 amide bonds. The fourth-order valence-electron chi connectivity index (χ4n) is 5.82. The van der Waals surface area contributed by atoms with Crippen molar-refractivity contribution in [2.75, 3.05) is 46.0 Å². The number of para-hydroxylation sites is 1. The molecule has 4 aromatic rings. The molecular weight excluding hydrogens is 598 g/mol. The Labute approximate surface area is 274 Å². The molecule has 10 nitrogen and oxygen atoms in total. The first-order valence-electron chi connectivity index (χ1n) is 15.4. The zero-order valence-electron chi connectivity index (χ0n) is 27.0. The SMILES string of the molecule is CCOc1ccc(N(CCC#N)C(=O)COC(=O)c2c3c(nc4ccccc24)/C(=C/c2cc(OC)c(OC)c(OC)c2)CCC3)cc1. The number of methoxy groups -OCH3 is 3. The summed E-state index contributed by atoms with van der Waals surface area (Å²) in [6.45, 7) is 2.07. The predicted molar refractivity (Wildman–Crippen MR) is 179 cm³/mol. The molecule has 1 aromatic heterocycles. The lowest BCUT2D eigenvalue weighted by Gasteiger charge is -2.24. The van der Waals surface area contributed by atoms with Crippen LogP contribution in [0.25, 0.3) is 22.6 Å². The molecule has 1 aliphatic carbocycles. The lowest BCUT2D eigenvalue weighted by atomic mass is 9.86. The molecule has 0 spiro atoms. The number of fused-ring (bicyclic) bond motifs is 2. The highest BCUT2D eigenvalue weighted by atomic mass is 16.5. The van der Waals surface area contributed by atoms with E-state index in [1.165, 1.54) is 4.90 Å². The van der Waals surface area contributed by atoms with E-state index in [-0.39, 0.29) is 13.0 Å². The number of nitriles is 1. The summed E-state index contributed by atoms with van der Waals surface area (Å²) in [5, 5.41) is 9.86. The molecule has 47 heavy (non-hydrogen) atoms. The van der Waals surface area contributed by atoms with Crippen molar-refractivity contribution in [3.8, 4) is 29.1 Å². The molecule has 242 valence electrons. The molecule has 1 aliphatic rings. The first-order chi connectivity index (χ1) is 22.9. The fourth-order valence-corrected chi connectivity index (χ4v) is 5.82. The van der Waals surface area contributed by atoms with E-state index >= 15 is 0 Å².